The molecular weight excluding hydrogens is 420 g/mol. The monoisotopic (exact) mass is 450 g/mol. The maximum Gasteiger partial charge on any atom is 0.264 e. The Bertz CT molecular complexity index is 1220. The summed E-state index contributed by atoms with van der Waals surface area (Å²) in [5, 5.41) is 2.97. The van der Waals surface area contributed by atoms with Gasteiger partial charge in [0.25, 0.3) is 10.0 Å². The number of carbonyl (C=O) groups is 1. The molecule has 0 unspecified atom stereocenters. The first kappa shape index (κ1) is 23.5. The highest BCUT2D eigenvalue weighted by molar-refractivity contribution is 7.92. The largest absolute Gasteiger partial charge is 0.348 e. The van der Waals surface area contributed by atoms with Crippen molar-refractivity contribution in [3.8, 4) is 0 Å². The number of nitrogens with one attached hydrogen (secondary N) is 1. The van der Waals surface area contributed by atoms with E-state index >= 15 is 0 Å². The van der Waals surface area contributed by atoms with Crippen LogP contribution in [0.4, 0.5) is 5.69 Å². The molecular formula is C26H30N2O3S. The molecule has 0 aliphatic heterocycles. The summed E-state index contributed by atoms with van der Waals surface area (Å²) in [6, 6.07) is 19.5. The number of hydrogen-bond donors (Lipinski definition) is 1. The summed E-state index contributed by atoms with van der Waals surface area (Å²) in [5.41, 5.74) is 5.53. The molecule has 0 heterocycles. The smallest absolute Gasteiger partial charge is 0.264 e. The van der Waals surface area contributed by atoms with Crippen LogP contribution in [0.3, 0.4) is 0 Å². The van der Waals surface area contributed by atoms with E-state index in [-0.39, 0.29) is 23.4 Å². The van der Waals surface area contributed by atoms with Crippen molar-refractivity contribution in [2.45, 2.75) is 45.6 Å². The highest BCUT2D eigenvalue weighted by atomic mass is 32.2. The second kappa shape index (κ2) is 9.57. The molecule has 0 aliphatic carbocycles. The molecule has 3 aromatic carbocycles. The van der Waals surface area contributed by atoms with Crippen molar-refractivity contribution >= 4 is 21.6 Å². The molecule has 0 aromatic heterocycles. The standard InChI is InChI=1S/C26H30N2O3S/c1-18-14-15-24(20(3)16-18)22(5)27-26(29)17-28(25-13-9-10-19(2)21(25)4)32(30,31)23-11-7-6-8-12-23/h6-16,22H,17H2,1-5H3,(H,27,29)/t22-/m0/s1. The Morgan fingerprint density at radius 3 is 2.25 bits per heavy atom. The molecule has 3 rings (SSSR count). The normalized spacial score (nSPS) is 12.3. The molecule has 0 spiro atoms. The van der Waals surface area contributed by atoms with E-state index in [9.17, 15) is 13.2 Å². The van der Waals surface area contributed by atoms with Crippen molar-refractivity contribution in [1.29, 1.82) is 0 Å². The molecule has 0 saturated heterocycles. The fraction of sp³-hybridized carbons (Fsp3) is 0.269. The Balaban J connectivity index is 1.94. The summed E-state index contributed by atoms with van der Waals surface area (Å²) in [6.45, 7) is 9.42. The van der Waals surface area contributed by atoms with Gasteiger partial charge in [-0.25, -0.2) is 8.42 Å². The lowest BCUT2D eigenvalue weighted by molar-refractivity contribution is -0.120. The van der Waals surface area contributed by atoms with Gasteiger partial charge in [-0.1, -0.05) is 54.1 Å². The third-order valence-corrected chi connectivity index (χ3v) is 7.51. The lowest BCUT2D eigenvalue weighted by atomic mass is 10.0. The number of aryl methyl sites for hydroxylation is 3. The molecule has 0 aliphatic rings. The number of sulfonamides is 1. The Labute approximate surface area is 191 Å². The molecule has 32 heavy (non-hydrogen) atoms. The fourth-order valence-corrected chi connectivity index (χ4v) is 5.33. The summed E-state index contributed by atoms with van der Waals surface area (Å²) in [6.07, 6.45) is 0. The minimum Gasteiger partial charge on any atom is -0.348 e. The van der Waals surface area contributed by atoms with Gasteiger partial charge in [-0.3, -0.25) is 9.10 Å². The van der Waals surface area contributed by atoms with Gasteiger partial charge in [0.2, 0.25) is 5.91 Å². The van der Waals surface area contributed by atoms with Gasteiger partial charge >= 0.3 is 0 Å². The topological polar surface area (TPSA) is 66.5 Å². The minimum atomic E-state index is -3.93. The molecule has 0 radical (unpaired) electrons. The highest BCUT2D eigenvalue weighted by Crippen LogP contribution is 2.28. The molecule has 5 nitrogen and oxygen atoms in total. The van der Waals surface area contributed by atoms with Crippen LogP contribution in [0.5, 0.6) is 0 Å². The molecule has 0 bridgehead atoms. The van der Waals surface area contributed by atoms with Crippen LogP contribution < -0.4 is 9.62 Å². The number of nitrogens with zero attached hydrogens (tertiary/aromatic N) is 1. The fourth-order valence-electron chi connectivity index (χ4n) is 3.83. The molecule has 6 heteroatoms. The highest BCUT2D eigenvalue weighted by Gasteiger charge is 2.29. The summed E-state index contributed by atoms with van der Waals surface area (Å²) >= 11 is 0. The quantitative estimate of drug-likeness (QED) is 0.551. The number of benzene rings is 3. The zero-order chi connectivity index (χ0) is 23.5. The first-order chi connectivity index (χ1) is 15.1. The SMILES string of the molecule is Cc1ccc([C@H](C)NC(=O)CN(c2cccc(C)c2C)S(=O)(=O)c2ccccc2)c(C)c1. The van der Waals surface area contributed by atoms with Gasteiger partial charge < -0.3 is 5.32 Å². The third-order valence-electron chi connectivity index (χ3n) is 5.73. The van der Waals surface area contributed by atoms with Crippen LogP contribution in [0.2, 0.25) is 0 Å². The van der Waals surface area contributed by atoms with Crippen molar-refractivity contribution in [3.05, 3.63) is 94.5 Å². The molecule has 0 fully saturated rings. The van der Waals surface area contributed by atoms with Crippen LogP contribution in [0.25, 0.3) is 0 Å². The molecule has 0 saturated carbocycles. The van der Waals surface area contributed by atoms with Crippen LogP contribution >= 0.6 is 0 Å². The summed E-state index contributed by atoms with van der Waals surface area (Å²) in [7, 11) is -3.93. The molecule has 1 N–H and O–H groups in total. The maximum absolute atomic E-state index is 13.5. The number of carbonyl (C=O) groups excluding carboxylic acids is 1. The summed E-state index contributed by atoms with van der Waals surface area (Å²) in [4.78, 5) is 13.2. The van der Waals surface area contributed by atoms with Crippen LogP contribution in [0, 0.1) is 27.7 Å². The number of amides is 1. The van der Waals surface area contributed by atoms with E-state index in [2.05, 4.69) is 11.4 Å². The van der Waals surface area contributed by atoms with Crippen molar-refractivity contribution in [2.24, 2.45) is 0 Å². The van der Waals surface area contributed by atoms with Gasteiger partial charge in [-0.2, -0.15) is 0 Å². The minimum absolute atomic E-state index is 0.149. The number of anilines is 1. The molecule has 168 valence electrons. The van der Waals surface area contributed by atoms with Gasteiger partial charge in [0.15, 0.2) is 0 Å². The Hall–Kier alpha value is -3.12. The molecule has 1 amide bonds. The van der Waals surface area contributed by atoms with Gasteiger partial charge in [0.05, 0.1) is 16.6 Å². The number of rotatable bonds is 7. The molecule has 3 aromatic rings. The van der Waals surface area contributed by atoms with Crippen LogP contribution in [-0.4, -0.2) is 20.9 Å². The summed E-state index contributed by atoms with van der Waals surface area (Å²) in [5.74, 6) is -0.363. The lowest BCUT2D eigenvalue weighted by Crippen LogP contribution is -2.42. The average molecular weight is 451 g/mol. The zero-order valence-corrected chi connectivity index (χ0v) is 20.0. The predicted molar refractivity (Wildman–Crippen MR) is 129 cm³/mol. The maximum atomic E-state index is 13.5. The van der Waals surface area contributed by atoms with Crippen LogP contribution in [-0.2, 0) is 14.8 Å². The van der Waals surface area contributed by atoms with E-state index in [0.717, 1.165) is 27.8 Å². The van der Waals surface area contributed by atoms with E-state index in [1.807, 2.05) is 52.8 Å². The summed E-state index contributed by atoms with van der Waals surface area (Å²) < 4.78 is 28.3. The predicted octanol–water partition coefficient (Wildman–Crippen LogP) is 4.99. The van der Waals surface area contributed by atoms with E-state index in [1.165, 1.54) is 4.31 Å². The Kier molecular flexibility index (Phi) is 7.04. The number of hydrogen-bond acceptors (Lipinski definition) is 3. The Morgan fingerprint density at radius 1 is 0.906 bits per heavy atom. The van der Waals surface area contributed by atoms with Gasteiger partial charge in [-0.15, -0.1) is 0 Å². The average Bonchev–Trinajstić information content (AvgIpc) is 2.74. The van der Waals surface area contributed by atoms with Gasteiger partial charge in [0.1, 0.15) is 6.54 Å². The van der Waals surface area contributed by atoms with Crippen molar-refractivity contribution in [1.82, 2.24) is 5.32 Å². The molecule has 1 atom stereocenters. The van der Waals surface area contributed by atoms with Crippen LogP contribution in [0.15, 0.2) is 71.6 Å². The van der Waals surface area contributed by atoms with Crippen LogP contribution in [0.1, 0.15) is 40.8 Å². The Morgan fingerprint density at radius 2 is 1.59 bits per heavy atom. The van der Waals surface area contributed by atoms with E-state index in [4.69, 9.17) is 0 Å². The van der Waals surface area contributed by atoms with Gasteiger partial charge in [0, 0.05) is 0 Å². The zero-order valence-electron chi connectivity index (χ0n) is 19.2. The van der Waals surface area contributed by atoms with Crippen molar-refractivity contribution < 1.29 is 13.2 Å². The van der Waals surface area contributed by atoms with Crippen molar-refractivity contribution in [3.63, 3.8) is 0 Å². The van der Waals surface area contributed by atoms with E-state index in [0.29, 0.717) is 5.69 Å². The van der Waals surface area contributed by atoms with Gasteiger partial charge in [-0.05, 0) is 75.1 Å². The second-order valence-electron chi connectivity index (χ2n) is 8.19. The lowest BCUT2D eigenvalue weighted by Gasteiger charge is -2.27. The first-order valence-corrected chi connectivity index (χ1v) is 12.1. The van der Waals surface area contributed by atoms with E-state index in [1.54, 1.807) is 42.5 Å². The first-order valence-electron chi connectivity index (χ1n) is 10.6. The second-order valence-corrected chi connectivity index (χ2v) is 10.1. The van der Waals surface area contributed by atoms with Crippen molar-refractivity contribution in [2.75, 3.05) is 10.8 Å². The van der Waals surface area contributed by atoms with E-state index < -0.39 is 10.0 Å². The third kappa shape index (κ3) is 5.02.